The van der Waals surface area contributed by atoms with Crippen LogP contribution in [-0.2, 0) is 6.54 Å². The van der Waals surface area contributed by atoms with Crippen molar-refractivity contribution in [3.05, 3.63) is 58.4 Å². The van der Waals surface area contributed by atoms with Crippen LogP contribution in [0.2, 0.25) is 0 Å². The molecule has 0 bridgehead atoms. The van der Waals surface area contributed by atoms with Crippen LogP contribution in [0, 0.1) is 5.82 Å². The van der Waals surface area contributed by atoms with Gasteiger partial charge in [-0.05, 0) is 35.9 Å². The third kappa shape index (κ3) is 2.58. The number of aromatic nitrogens is 3. The molecule has 0 unspecified atom stereocenters. The number of pyridine rings is 1. The molecule has 0 saturated heterocycles. The van der Waals surface area contributed by atoms with Crippen molar-refractivity contribution in [1.29, 1.82) is 0 Å². The van der Waals surface area contributed by atoms with Gasteiger partial charge in [-0.15, -0.1) is 5.10 Å². The van der Waals surface area contributed by atoms with Gasteiger partial charge in [-0.25, -0.2) is 8.91 Å². The molecule has 0 radical (unpaired) electrons. The Morgan fingerprint density at radius 3 is 3.00 bits per heavy atom. The molecule has 1 aromatic carbocycles. The Morgan fingerprint density at radius 1 is 1.26 bits per heavy atom. The second kappa shape index (κ2) is 4.97. The monoisotopic (exact) mass is 320 g/mol. The normalized spacial score (nSPS) is 10.8. The van der Waals surface area contributed by atoms with Crippen LogP contribution in [0.1, 0.15) is 5.56 Å². The Morgan fingerprint density at radius 2 is 2.16 bits per heavy atom. The Kier molecular flexibility index (Phi) is 3.16. The van der Waals surface area contributed by atoms with Crippen LogP contribution in [0.3, 0.4) is 0 Å². The fourth-order valence-corrected chi connectivity index (χ4v) is 2.15. The number of halogens is 2. The van der Waals surface area contributed by atoms with E-state index in [0.29, 0.717) is 12.5 Å². The Balaban J connectivity index is 1.80. The van der Waals surface area contributed by atoms with Crippen molar-refractivity contribution in [1.82, 2.24) is 14.6 Å². The van der Waals surface area contributed by atoms with Crippen molar-refractivity contribution in [2.45, 2.75) is 6.54 Å². The van der Waals surface area contributed by atoms with Gasteiger partial charge in [-0.2, -0.15) is 4.98 Å². The predicted octanol–water partition coefficient (Wildman–Crippen LogP) is 3.24. The molecule has 2 heterocycles. The molecule has 2 aromatic heterocycles. The molecule has 0 amide bonds. The van der Waals surface area contributed by atoms with Gasteiger partial charge in [0, 0.05) is 17.2 Å². The second-order valence-electron chi connectivity index (χ2n) is 4.03. The zero-order chi connectivity index (χ0) is 13.2. The quantitative estimate of drug-likeness (QED) is 0.805. The smallest absolute Gasteiger partial charge is 0.243 e. The summed E-state index contributed by atoms with van der Waals surface area (Å²) >= 11 is 3.39. The van der Waals surface area contributed by atoms with Crippen LogP contribution >= 0.6 is 15.9 Å². The first kappa shape index (κ1) is 12.1. The van der Waals surface area contributed by atoms with E-state index in [1.54, 1.807) is 10.6 Å². The lowest BCUT2D eigenvalue weighted by Gasteiger charge is -2.04. The molecule has 3 aromatic rings. The molecule has 4 nitrogen and oxygen atoms in total. The maximum absolute atomic E-state index is 13.2. The second-order valence-corrected chi connectivity index (χ2v) is 4.88. The van der Waals surface area contributed by atoms with Gasteiger partial charge in [-0.3, -0.25) is 0 Å². The molecular weight excluding hydrogens is 311 g/mol. The van der Waals surface area contributed by atoms with Crippen LogP contribution in [0.5, 0.6) is 0 Å². The maximum atomic E-state index is 13.2. The van der Waals surface area contributed by atoms with Crippen molar-refractivity contribution >= 4 is 27.5 Å². The third-order valence-electron chi connectivity index (χ3n) is 2.69. The van der Waals surface area contributed by atoms with E-state index in [1.807, 2.05) is 24.4 Å². The first-order valence-corrected chi connectivity index (χ1v) is 6.51. The van der Waals surface area contributed by atoms with Gasteiger partial charge in [-0.1, -0.05) is 22.0 Å². The molecule has 1 N–H and O–H groups in total. The van der Waals surface area contributed by atoms with Crippen LogP contribution in [-0.4, -0.2) is 14.6 Å². The largest absolute Gasteiger partial charge is 0.349 e. The average molecular weight is 321 g/mol. The lowest BCUT2D eigenvalue weighted by molar-refractivity contribution is 0.625. The molecule has 0 spiro atoms. The summed E-state index contributed by atoms with van der Waals surface area (Å²) in [5.41, 5.74) is 1.59. The topological polar surface area (TPSA) is 42.2 Å². The highest BCUT2D eigenvalue weighted by Crippen LogP contribution is 2.18. The van der Waals surface area contributed by atoms with Crippen LogP contribution in [0.15, 0.2) is 47.1 Å². The predicted molar refractivity (Wildman–Crippen MR) is 74.4 cm³/mol. The van der Waals surface area contributed by atoms with E-state index in [-0.39, 0.29) is 5.82 Å². The molecule has 3 rings (SSSR count). The van der Waals surface area contributed by atoms with Crippen molar-refractivity contribution in [2.75, 3.05) is 5.32 Å². The first-order chi connectivity index (χ1) is 9.22. The van der Waals surface area contributed by atoms with Gasteiger partial charge < -0.3 is 5.32 Å². The fourth-order valence-electron chi connectivity index (χ4n) is 1.76. The molecule has 0 fully saturated rings. The SMILES string of the molecule is Fc1ccc(Br)c(CNc2nc3ccccn3n2)c1. The van der Waals surface area contributed by atoms with E-state index < -0.39 is 0 Å². The van der Waals surface area contributed by atoms with E-state index in [4.69, 9.17) is 0 Å². The van der Waals surface area contributed by atoms with Crippen LogP contribution in [0.25, 0.3) is 5.65 Å². The molecule has 19 heavy (non-hydrogen) atoms. The standard InChI is InChI=1S/C13H10BrFN4/c14-11-5-4-10(15)7-9(11)8-16-13-17-12-3-1-2-6-19(12)18-13/h1-7H,8H2,(H,16,18). The van der Waals surface area contributed by atoms with E-state index in [0.717, 1.165) is 15.7 Å². The van der Waals surface area contributed by atoms with Crippen molar-refractivity contribution in [2.24, 2.45) is 0 Å². The number of hydrogen-bond donors (Lipinski definition) is 1. The summed E-state index contributed by atoms with van der Waals surface area (Å²) < 4.78 is 15.7. The molecule has 0 aliphatic carbocycles. The summed E-state index contributed by atoms with van der Waals surface area (Å²) in [4.78, 5) is 4.31. The number of rotatable bonds is 3. The van der Waals surface area contributed by atoms with Crippen molar-refractivity contribution in [3.63, 3.8) is 0 Å². The molecule has 96 valence electrons. The molecule has 0 saturated carbocycles. The molecular formula is C13H10BrFN4. The van der Waals surface area contributed by atoms with Crippen molar-refractivity contribution < 1.29 is 4.39 Å². The van der Waals surface area contributed by atoms with Gasteiger partial charge in [0.15, 0.2) is 5.65 Å². The molecule has 0 atom stereocenters. The van der Waals surface area contributed by atoms with Gasteiger partial charge >= 0.3 is 0 Å². The first-order valence-electron chi connectivity index (χ1n) is 5.71. The number of hydrogen-bond acceptors (Lipinski definition) is 3. The average Bonchev–Trinajstić information content (AvgIpc) is 2.82. The summed E-state index contributed by atoms with van der Waals surface area (Å²) in [6.07, 6.45) is 1.83. The highest BCUT2D eigenvalue weighted by Gasteiger charge is 2.05. The number of nitrogens with one attached hydrogen (secondary N) is 1. The maximum Gasteiger partial charge on any atom is 0.243 e. The summed E-state index contributed by atoms with van der Waals surface area (Å²) in [5.74, 6) is 0.255. The fraction of sp³-hybridized carbons (Fsp3) is 0.0769. The minimum atomic E-state index is -0.261. The van der Waals surface area contributed by atoms with Gasteiger partial charge in [0.1, 0.15) is 5.82 Å². The summed E-state index contributed by atoms with van der Waals surface area (Å²) in [7, 11) is 0. The van der Waals surface area contributed by atoms with E-state index in [2.05, 4.69) is 31.3 Å². The lowest BCUT2D eigenvalue weighted by Crippen LogP contribution is -2.02. The van der Waals surface area contributed by atoms with E-state index in [1.165, 1.54) is 12.1 Å². The molecule has 0 aliphatic heterocycles. The third-order valence-corrected chi connectivity index (χ3v) is 3.46. The van der Waals surface area contributed by atoms with Gasteiger partial charge in [0.2, 0.25) is 5.95 Å². The van der Waals surface area contributed by atoms with Gasteiger partial charge in [0.05, 0.1) is 0 Å². The van der Waals surface area contributed by atoms with Gasteiger partial charge in [0.25, 0.3) is 0 Å². The zero-order valence-electron chi connectivity index (χ0n) is 9.85. The summed E-state index contributed by atoms with van der Waals surface area (Å²) in [5, 5.41) is 7.34. The Hall–Kier alpha value is -1.95. The minimum Gasteiger partial charge on any atom is -0.349 e. The molecule has 6 heteroatoms. The minimum absolute atomic E-state index is 0.261. The van der Waals surface area contributed by atoms with Crippen molar-refractivity contribution in [3.8, 4) is 0 Å². The number of nitrogens with zero attached hydrogens (tertiary/aromatic N) is 3. The number of anilines is 1. The zero-order valence-corrected chi connectivity index (χ0v) is 11.4. The number of benzene rings is 1. The van der Waals surface area contributed by atoms with E-state index >= 15 is 0 Å². The molecule has 0 aliphatic rings. The van der Waals surface area contributed by atoms with Crippen LogP contribution in [0.4, 0.5) is 10.3 Å². The lowest BCUT2D eigenvalue weighted by atomic mass is 10.2. The van der Waals surface area contributed by atoms with Crippen LogP contribution < -0.4 is 5.32 Å². The Bertz CT molecular complexity index is 692. The summed E-state index contributed by atoms with van der Waals surface area (Å²) in [6, 6.07) is 10.2. The highest BCUT2D eigenvalue weighted by molar-refractivity contribution is 9.10. The van der Waals surface area contributed by atoms with E-state index in [9.17, 15) is 4.39 Å². The number of fused-ring (bicyclic) bond motifs is 1. The summed E-state index contributed by atoms with van der Waals surface area (Å²) in [6.45, 7) is 0.454. The Labute approximate surface area is 117 Å². The highest BCUT2D eigenvalue weighted by atomic mass is 79.9.